The molecule has 1 aromatic rings. The molecule has 17 heavy (non-hydrogen) atoms. The summed E-state index contributed by atoms with van der Waals surface area (Å²) in [7, 11) is 2.07. The molecule has 0 aromatic heterocycles. The predicted molar refractivity (Wildman–Crippen MR) is 75.0 cm³/mol. The van der Waals surface area contributed by atoms with Crippen molar-refractivity contribution in [1.82, 2.24) is 5.32 Å². The Morgan fingerprint density at radius 2 is 1.94 bits per heavy atom. The van der Waals surface area contributed by atoms with Gasteiger partial charge in [-0.2, -0.15) is 0 Å². The molecule has 1 nitrogen and oxygen atoms in total. The summed E-state index contributed by atoms with van der Waals surface area (Å²) in [5.74, 6) is 0.728. The first kappa shape index (κ1) is 13.2. The summed E-state index contributed by atoms with van der Waals surface area (Å²) in [5, 5.41) is 4.75. The molecule has 1 aliphatic carbocycles. The van der Waals surface area contributed by atoms with Crippen molar-refractivity contribution in [3.63, 3.8) is 0 Å². The average Bonchev–Trinajstić information content (AvgIpc) is 2.34. The highest BCUT2D eigenvalue weighted by Crippen LogP contribution is 2.29. The fourth-order valence-electron chi connectivity index (χ4n) is 2.80. The molecule has 94 valence electrons. The topological polar surface area (TPSA) is 12.0 Å². The number of hydrogen-bond acceptors (Lipinski definition) is 1. The van der Waals surface area contributed by atoms with Crippen LogP contribution in [0.5, 0.6) is 0 Å². The van der Waals surface area contributed by atoms with E-state index < -0.39 is 0 Å². The third kappa shape index (κ3) is 3.37. The van der Waals surface area contributed by atoms with Crippen LogP contribution < -0.4 is 5.32 Å². The van der Waals surface area contributed by atoms with Crippen molar-refractivity contribution in [1.29, 1.82) is 0 Å². The minimum Gasteiger partial charge on any atom is -0.317 e. The molecule has 0 saturated heterocycles. The molecule has 0 heterocycles. The molecule has 0 spiro atoms. The maximum Gasteiger partial charge on any atom is 0.0595 e. The van der Waals surface area contributed by atoms with Crippen LogP contribution in [0.3, 0.4) is 0 Å². The average molecular weight is 272 g/mol. The Morgan fingerprint density at radius 1 is 1.18 bits per heavy atom. The molecular formula is C14H19Cl2N. The van der Waals surface area contributed by atoms with E-state index in [2.05, 4.69) is 18.4 Å². The van der Waals surface area contributed by atoms with Gasteiger partial charge in [0.25, 0.3) is 0 Å². The van der Waals surface area contributed by atoms with Gasteiger partial charge in [-0.1, -0.05) is 42.1 Å². The Bertz CT molecular complexity index is 378. The standard InChI is InChI=1S/C14H19Cl2N/c1-17-14-5-3-2-4-11(14)8-10-6-7-12(15)13(16)9-10/h6-7,9,11,14,17H,2-5,8H2,1H3. The third-order valence-corrected chi connectivity index (χ3v) is 4.50. The minimum atomic E-state index is 0.643. The highest BCUT2D eigenvalue weighted by molar-refractivity contribution is 6.42. The third-order valence-electron chi connectivity index (χ3n) is 3.76. The van der Waals surface area contributed by atoms with Gasteiger partial charge in [-0.05, 0) is 49.9 Å². The van der Waals surface area contributed by atoms with Gasteiger partial charge in [-0.15, -0.1) is 0 Å². The largest absolute Gasteiger partial charge is 0.317 e. The first-order valence-corrected chi connectivity index (χ1v) is 7.07. The second kappa shape index (κ2) is 6.08. The molecule has 1 N–H and O–H groups in total. The summed E-state index contributed by atoms with van der Waals surface area (Å²) in [6, 6.07) is 6.65. The molecule has 1 aliphatic rings. The number of hydrogen-bond donors (Lipinski definition) is 1. The van der Waals surface area contributed by atoms with E-state index in [9.17, 15) is 0 Å². The molecule has 1 saturated carbocycles. The lowest BCUT2D eigenvalue weighted by atomic mass is 9.81. The summed E-state index contributed by atoms with van der Waals surface area (Å²) in [6.45, 7) is 0. The van der Waals surface area contributed by atoms with Crippen molar-refractivity contribution in [2.75, 3.05) is 7.05 Å². The normalized spacial score (nSPS) is 24.9. The highest BCUT2D eigenvalue weighted by atomic mass is 35.5. The molecule has 1 aromatic carbocycles. The second-order valence-corrected chi connectivity index (χ2v) is 5.71. The Labute approximate surface area is 114 Å². The van der Waals surface area contributed by atoms with Crippen molar-refractivity contribution in [3.8, 4) is 0 Å². The van der Waals surface area contributed by atoms with Gasteiger partial charge < -0.3 is 5.32 Å². The molecular weight excluding hydrogens is 253 g/mol. The molecule has 0 aliphatic heterocycles. The van der Waals surface area contributed by atoms with Gasteiger partial charge in [-0.3, -0.25) is 0 Å². The Kier molecular flexibility index (Phi) is 4.72. The Balaban J connectivity index is 2.05. The van der Waals surface area contributed by atoms with Gasteiger partial charge in [0, 0.05) is 6.04 Å². The van der Waals surface area contributed by atoms with Crippen molar-refractivity contribution in [2.45, 2.75) is 38.1 Å². The molecule has 3 heteroatoms. The van der Waals surface area contributed by atoms with E-state index >= 15 is 0 Å². The smallest absolute Gasteiger partial charge is 0.0595 e. The molecule has 1 fully saturated rings. The quantitative estimate of drug-likeness (QED) is 0.864. The lowest BCUT2D eigenvalue weighted by Crippen LogP contribution is -2.37. The van der Waals surface area contributed by atoms with Crippen LogP contribution in [0.2, 0.25) is 10.0 Å². The lowest BCUT2D eigenvalue weighted by molar-refractivity contribution is 0.273. The number of rotatable bonds is 3. The summed E-state index contributed by atoms with van der Waals surface area (Å²) < 4.78 is 0. The van der Waals surface area contributed by atoms with Crippen LogP contribution >= 0.6 is 23.2 Å². The zero-order valence-corrected chi connectivity index (χ0v) is 11.7. The Morgan fingerprint density at radius 3 is 2.65 bits per heavy atom. The fourth-order valence-corrected chi connectivity index (χ4v) is 3.12. The van der Waals surface area contributed by atoms with Gasteiger partial charge in [0.05, 0.1) is 10.0 Å². The second-order valence-electron chi connectivity index (χ2n) is 4.89. The van der Waals surface area contributed by atoms with E-state index in [4.69, 9.17) is 23.2 Å². The highest BCUT2D eigenvalue weighted by Gasteiger charge is 2.23. The zero-order chi connectivity index (χ0) is 12.3. The van der Waals surface area contributed by atoms with Crippen molar-refractivity contribution >= 4 is 23.2 Å². The van der Waals surface area contributed by atoms with Crippen molar-refractivity contribution in [2.24, 2.45) is 5.92 Å². The fraction of sp³-hybridized carbons (Fsp3) is 0.571. The minimum absolute atomic E-state index is 0.643. The Hall–Kier alpha value is -0.240. The molecule has 0 bridgehead atoms. The van der Waals surface area contributed by atoms with E-state index in [1.54, 1.807) is 0 Å². The first-order valence-electron chi connectivity index (χ1n) is 6.32. The van der Waals surface area contributed by atoms with Crippen molar-refractivity contribution < 1.29 is 0 Å². The molecule has 2 unspecified atom stereocenters. The molecule has 0 amide bonds. The monoisotopic (exact) mass is 271 g/mol. The van der Waals surface area contributed by atoms with Gasteiger partial charge in [0.15, 0.2) is 0 Å². The van der Waals surface area contributed by atoms with Crippen LogP contribution in [-0.4, -0.2) is 13.1 Å². The van der Waals surface area contributed by atoms with E-state index in [-0.39, 0.29) is 0 Å². The van der Waals surface area contributed by atoms with Crippen molar-refractivity contribution in [3.05, 3.63) is 33.8 Å². The van der Waals surface area contributed by atoms with Gasteiger partial charge in [0.2, 0.25) is 0 Å². The van der Waals surface area contributed by atoms with E-state index in [1.165, 1.54) is 31.2 Å². The molecule has 2 rings (SSSR count). The number of halogens is 2. The molecule has 2 atom stereocenters. The first-order chi connectivity index (χ1) is 8.20. The van der Waals surface area contributed by atoms with Gasteiger partial charge in [-0.25, -0.2) is 0 Å². The van der Waals surface area contributed by atoms with Crippen LogP contribution in [0.1, 0.15) is 31.2 Å². The van der Waals surface area contributed by atoms with E-state index in [1.807, 2.05) is 12.1 Å². The van der Waals surface area contributed by atoms with Crippen LogP contribution in [0.15, 0.2) is 18.2 Å². The summed E-state index contributed by atoms with van der Waals surface area (Å²) >= 11 is 12.0. The lowest BCUT2D eigenvalue weighted by Gasteiger charge is -2.31. The number of benzene rings is 1. The van der Waals surface area contributed by atoms with Crippen LogP contribution in [-0.2, 0) is 6.42 Å². The zero-order valence-electron chi connectivity index (χ0n) is 10.2. The summed E-state index contributed by atoms with van der Waals surface area (Å²) in [5.41, 5.74) is 1.30. The summed E-state index contributed by atoms with van der Waals surface area (Å²) in [6.07, 6.45) is 6.41. The van der Waals surface area contributed by atoms with Crippen LogP contribution in [0.25, 0.3) is 0 Å². The predicted octanol–water partition coefficient (Wildman–Crippen LogP) is 4.31. The number of nitrogens with one attached hydrogen (secondary N) is 1. The van der Waals surface area contributed by atoms with Crippen LogP contribution in [0, 0.1) is 5.92 Å². The SMILES string of the molecule is CNC1CCCCC1Cc1ccc(Cl)c(Cl)c1. The maximum atomic E-state index is 6.05. The van der Waals surface area contributed by atoms with Crippen LogP contribution in [0.4, 0.5) is 0 Å². The summed E-state index contributed by atoms with van der Waals surface area (Å²) in [4.78, 5) is 0. The molecule has 0 radical (unpaired) electrons. The van der Waals surface area contributed by atoms with E-state index in [0.29, 0.717) is 16.1 Å². The van der Waals surface area contributed by atoms with Gasteiger partial charge >= 0.3 is 0 Å². The van der Waals surface area contributed by atoms with E-state index in [0.717, 1.165) is 12.3 Å². The maximum absolute atomic E-state index is 6.05. The van der Waals surface area contributed by atoms with Gasteiger partial charge in [0.1, 0.15) is 0 Å².